The third-order valence-electron chi connectivity index (χ3n) is 3.95. The first-order chi connectivity index (χ1) is 8.24. The normalized spacial score (nSPS) is 17.0. The van der Waals surface area contributed by atoms with E-state index in [2.05, 4.69) is 12.6 Å². The molecule has 1 heteroatoms. The van der Waals surface area contributed by atoms with E-state index in [0.29, 0.717) is 11.7 Å². The number of phenolic OH excluding ortho intramolecular Hbond substituents is 1. The molecule has 1 aromatic rings. The zero-order chi connectivity index (χ0) is 12.3. The summed E-state index contributed by atoms with van der Waals surface area (Å²) in [6.07, 6.45) is 9.43. The predicted molar refractivity (Wildman–Crippen MR) is 72.6 cm³/mol. The quantitative estimate of drug-likeness (QED) is 0.759. The van der Waals surface area contributed by atoms with Crippen molar-refractivity contribution < 1.29 is 5.11 Å². The molecule has 0 radical (unpaired) electrons. The van der Waals surface area contributed by atoms with Gasteiger partial charge in [0.25, 0.3) is 0 Å². The van der Waals surface area contributed by atoms with Crippen LogP contribution in [0.1, 0.15) is 54.7 Å². The molecule has 1 aliphatic carbocycles. The van der Waals surface area contributed by atoms with Crippen molar-refractivity contribution in [3.8, 4) is 5.75 Å². The zero-order valence-electron chi connectivity index (χ0n) is 10.7. The van der Waals surface area contributed by atoms with Crippen LogP contribution in [-0.4, -0.2) is 5.11 Å². The summed E-state index contributed by atoms with van der Waals surface area (Å²) in [5, 5.41) is 9.90. The van der Waals surface area contributed by atoms with Crippen molar-refractivity contribution in [1.82, 2.24) is 0 Å². The second-order valence-corrected chi connectivity index (χ2v) is 5.11. The van der Waals surface area contributed by atoms with E-state index in [1.54, 1.807) is 0 Å². The highest BCUT2D eigenvalue weighted by Crippen LogP contribution is 2.38. The van der Waals surface area contributed by atoms with Gasteiger partial charge in [0.05, 0.1) is 0 Å². The second kappa shape index (κ2) is 5.39. The van der Waals surface area contributed by atoms with Gasteiger partial charge in [-0.1, -0.05) is 31.4 Å². The summed E-state index contributed by atoms with van der Waals surface area (Å²) in [6.45, 7) is 5.88. The highest BCUT2D eigenvalue weighted by molar-refractivity contribution is 5.46. The van der Waals surface area contributed by atoms with Crippen molar-refractivity contribution in [1.29, 1.82) is 0 Å². The first-order valence-electron chi connectivity index (χ1n) is 6.66. The highest BCUT2D eigenvalue weighted by Gasteiger charge is 2.21. The van der Waals surface area contributed by atoms with Crippen molar-refractivity contribution in [2.24, 2.45) is 0 Å². The summed E-state index contributed by atoms with van der Waals surface area (Å²) >= 11 is 0. The molecule has 0 aliphatic heterocycles. The van der Waals surface area contributed by atoms with Gasteiger partial charge in [0, 0.05) is 0 Å². The first kappa shape index (κ1) is 12.2. The van der Waals surface area contributed by atoms with Crippen molar-refractivity contribution in [2.75, 3.05) is 0 Å². The first-order valence-corrected chi connectivity index (χ1v) is 6.66. The summed E-state index contributed by atoms with van der Waals surface area (Å²) in [5.74, 6) is 1.09. The Morgan fingerprint density at radius 2 is 2.00 bits per heavy atom. The van der Waals surface area contributed by atoms with Crippen LogP contribution >= 0.6 is 0 Å². The van der Waals surface area contributed by atoms with E-state index in [4.69, 9.17) is 0 Å². The smallest absolute Gasteiger partial charge is 0.118 e. The summed E-state index contributed by atoms with van der Waals surface area (Å²) in [5.41, 5.74) is 3.82. The molecule has 1 nitrogen and oxygen atoms in total. The molecule has 0 spiro atoms. The van der Waals surface area contributed by atoms with Crippen LogP contribution in [-0.2, 0) is 6.42 Å². The fraction of sp³-hybridized carbons (Fsp3) is 0.500. The van der Waals surface area contributed by atoms with Gasteiger partial charge in [-0.3, -0.25) is 0 Å². The number of allylic oxidation sites excluding steroid dienone is 1. The van der Waals surface area contributed by atoms with Crippen LogP contribution in [0.2, 0.25) is 0 Å². The molecular weight excluding hydrogens is 208 g/mol. The highest BCUT2D eigenvalue weighted by atomic mass is 16.3. The SMILES string of the molecule is C=CCc1ccc(O)c(C)c1C1CCCCC1. The van der Waals surface area contributed by atoms with Gasteiger partial charge in [-0.2, -0.15) is 0 Å². The maximum absolute atomic E-state index is 9.90. The van der Waals surface area contributed by atoms with Crippen LogP contribution in [0.25, 0.3) is 0 Å². The third kappa shape index (κ3) is 2.54. The maximum Gasteiger partial charge on any atom is 0.118 e. The average molecular weight is 230 g/mol. The molecule has 1 aliphatic rings. The minimum Gasteiger partial charge on any atom is -0.508 e. The predicted octanol–water partition coefficient (Wildman–Crippen LogP) is 4.48. The van der Waals surface area contributed by atoms with Gasteiger partial charge < -0.3 is 5.11 Å². The molecule has 1 fully saturated rings. The standard InChI is InChI=1S/C16H22O/c1-3-7-13-10-11-15(17)12(2)16(13)14-8-5-4-6-9-14/h3,10-11,14,17H,1,4-9H2,2H3. The third-order valence-corrected chi connectivity index (χ3v) is 3.95. The van der Waals surface area contributed by atoms with E-state index >= 15 is 0 Å². The minimum atomic E-state index is 0.443. The van der Waals surface area contributed by atoms with Crippen molar-refractivity contribution in [3.63, 3.8) is 0 Å². The minimum absolute atomic E-state index is 0.443. The fourth-order valence-corrected chi connectivity index (χ4v) is 3.07. The van der Waals surface area contributed by atoms with Gasteiger partial charge in [0.2, 0.25) is 0 Å². The second-order valence-electron chi connectivity index (χ2n) is 5.11. The van der Waals surface area contributed by atoms with Crippen molar-refractivity contribution >= 4 is 0 Å². The van der Waals surface area contributed by atoms with E-state index in [1.807, 2.05) is 19.1 Å². The van der Waals surface area contributed by atoms with E-state index in [9.17, 15) is 5.11 Å². The number of hydrogen-bond acceptors (Lipinski definition) is 1. The Labute approximate surface area is 104 Å². The molecule has 0 amide bonds. The van der Waals surface area contributed by atoms with E-state index < -0.39 is 0 Å². The van der Waals surface area contributed by atoms with E-state index in [0.717, 1.165) is 12.0 Å². The fourth-order valence-electron chi connectivity index (χ4n) is 3.07. The molecule has 1 N–H and O–H groups in total. The van der Waals surface area contributed by atoms with Gasteiger partial charge in [-0.15, -0.1) is 6.58 Å². The molecule has 2 rings (SSSR count). The van der Waals surface area contributed by atoms with Gasteiger partial charge in [0.1, 0.15) is 5.75 Å². The van der Waals surface area contributed by atoms with E-state index in [1.165, 1.54) is 43.2 Å². The summed E-state index contributed by atoms with van der Waals surface area (Å²) < 4.78 is 0. The van der Waals surface area contributed by atoms with Gasteiger partial charge in [0.15, 0.2) is 0 Å². The Morgan fingerprint density at radius 1 is 1.29 bits per heavy atom. The molecule has 0 heterocycles. The molecule has 0 aromatic heterocycles. The van der Waals surface area contributed by atoms with Crippen LogP contribution in [0.3, 0.4) is 0 Å². The Kier molecular flexibility index (Phi) is 3.88. The van der Waals surface area contributed by atoms with Crippen LogP contribution in [0.4, 0.5) is 0 Å². The number of benzene rings is 1. The average Bonchev–Trinajstić information content (AvgIpc) is 2.36. The van der Waals surface area contributed by atoms with Gasteiger partial charge >= 0.3 is 0 Å². The number of phenols is 1. The number of hydrogen-bond donors (Lipinski definition) is 1. The Balaban J connectivity index is 2.40. The van der Waals surface area contributed by atoms with Crippen LogP contribution in [0.15, 0.2) is 24.8 Å². The lowest BCUT2D eigenvalue weighted by Gasteiger charge is -2.26. The van der Waals surface area contributed by atoms with E-state index in [-0.39, 0.29) is 0 Å². The molecule has 17 heavy (non-hydrogen) atoms. The Morgan fingerprint density at radius 3 is 2.65 bits per heavy atom. The lowest BCUT2D eigenvalue weighted by atomic mass is 9.79. The molecule has 1 saturated carbocycles. The molecule has 0 saturated heterocycles. The summed E-state index contributed by atoms with van der Waals surface area (Å²) in [6, 6.07) is 3.88. The molecule has 92 valence electrons. The van der Waals surface area contributed by atoms with Crippen molar-refractivity contribution in [2.45, 2.75) is 51.4 Å². The Bertz CT molecular complexity index is 400. The Hall–Kier alpha value is -1.24. The largest absolute Gasteiger partial charge is 0.508 e. The topological polar surface area (TPSA) is 20.2 Å². The maximum atomic E-state index is 9.90. The summed E-state index contributed by atoms with van der Waals surface area (Å²) in [4.78, 5) is 0. The van der Waals surface area contributed by atoms with Gasteiger partial charge in [-0.25, -0.2) is 0 Å². The van der Waals surface area contributed by atoms with Crippen LogP contribution in [0.5, 0.6) is 5.75 Å². The monoisotopic (exact) mass is 230 g/mol. The summed E-state index contributed by atoms with van der Waals surface area (Å²) in [7, 11) is 0. The number of aromatic hydroxyl groups is 1. The van der Waals surface area contributed by atoms with Crippen molar-refractivity contribution in [3.05, 3.63) is 41.5 Å². The van der Waals surface area contributed by atoms with Crippen LogP contribution in [0, 0.1) is 6.92 Å². The molecule has 0 atom stereocenters. The lowest BCUT2D eigenvalue weighted by Crippen LogP contribution is -2.09. The van der Waals surface area contributed by atoms with Crippen LogP contribution < -0.4 is 0 Å². The van der Waals surface area contributed by atoms with Gasteiger partial charge in [-0.05, 0) is 54.9 Å². The lowest BCUT2D eigenvalue weighted by molar-refractivity contribution is 0.433. The number of rotatable bonds is 3. The molecular formula is C16H22O. The zero-order valence-corrected chi connectivity index (χ0v) is 10.7. The molecule has 0 bridgehead atoms. The molecule has 0 unspecified atom stereocenters. The molecule has 1 aromatic carbocycles.